The van der Waals surface area contributed by atoms with E-state index in [2.05, 4.69) is 10.3 Å². The lowest BCUT2D eigenvalue weighted by atomic mass is 10.1. The zero-order valence-corrected chi connectivity index (χ0v) is 17.0. The van der Waals surface area contributed by atoms with Gasteiger partial charge in [0, 0.05) is 5.38 Å². The minimum atomic E-state index is -0.142. The zero-order valence-electron chi connectivity index (χ0n) is 16.2. The average Bonchev–Trinajstić information content (AvgIpc) is 3.34. The summed E-state index contributed by atoms with van der Waals surface area (Å²) in [5, 5.41) is 5.78. The molecule has 1 N–H and O–H groups in total. The molecule has 2 heterocycles. The van der Waals surface area contributed by atoms with Crippen molar-refractivity contribution in [2.45, 2.75) is 19.9 Å². The third-order valence-corrected chi connectivity index (χ3v) is 4.86. The number of amides is 1. The van der Waals surface area contributed by atoms with E-state index >= 15 is 0 Å². The van der Waals surface area contributed by atoms with E-state index in [4.69, 9.17) is 18.6 Å². The molecule has 0 aliphatic carbocycles. The highest BCUT2D eigenvalue weighted by Crippen LogP contribution is 2.38. The molecule has 0 saturated carbocycles. The summed E-state index contributed by atoms with van der Waals surface area (Å²) in [5.41, 5.74) is 1.56. The Morgan fingerprint density at radius 1 is 1.14 bits per heavy atom. The summed E-state index contributed by atoms with van der Waals surface area (Å²) in [4.78, 5) is 16.7. The topological polar surface area (TPSA) is 82.8 Å². The third-order valence-electron chi connectivity index (χ3n) is 4.08. The van der Waals surface area contributed by atoms with E-state index in [1.807, 2.05) is 24.4 Å². The minimum Gasteiger partial charge on any atom is -0.493 e. The van der Waals surface area contributed by atoms with Crippen molar-refractivity contribution >= 4 is 17.2 Å². The predicted molar refractivity (Wildman–Crippen MR) is 106 cm³/mol. The van der Waals surface area contributed by atoms with Crippen LogP contribution in [-0.4, -0.2) is 32.2 Å². The molecular weight excluding hydrogens is 380 g/mol. The molecule has 0 spiro atoms. The first kappa shape index (κ1) is 19.8. The first-order chi connectivity index (χ1) is 13.5. The number of carbonyl (C=O) groups excluding carboxylic acids is 1. The lowest BCUT2D eigenvalue weighted by Crippen LogP contribution is -2.24. The van der Waals surface area contributed by atoms with Gasteiger partial charge in [-0.2, -0.15) is 0 Å². The summed E-state index contributed by atoms with van der Waals surface area (Å²) < 4.78 is 21.7. The molecule has 3 rings (SSSR count). The molecule has 0 aliphatic heterocycles. The van der Waals surface area contributed by atoms with Gasteiger partial charge in [-0.1, -0.05) is 0 Å². The van der Waals surface area contributed by atoms with Crippen molar-refractivity contribution in [3.05, 3.63) is 46.0 Å². The van der Waals surface area contributed by atoms with Crippen LogP contribution in [0, 0.1) is 6.92 Å². The molecule has 3 aromatic rings. The molecule has 0 radical (unpaired) electrons. The number of benzene rings is 1. The number of methoxy groups -OCH3 is 3. The number of ether oxygens (including phenoxy) is 3. The fourth-order valence-corrected chi connectivity index (χ4v) is 3.36. The smallest absolute Gasteiger partial charge is 0.224 e. The number of carbonyl (C=O) groups is 1. The fraction of sp³-hybridized carbons (Fsp3) is 0.300. The van der Waals surface area contributed by atoms with Gasteiger partial charge in [0.2, 0.25) is 11.7 Å². The van der Waals surface area contributed by atoms with Crippen LogP contribution >= 0.6 is 11.3 Å². The van der Waals surface area contributed by atoms with Gasteiger partial charge < -0.3 is 23.9 Å². The molecule has 0 atom stereocenters. The van der Waals surface area contributed by atoms with Gasteiger partial charge in [-0.15, -0.1) is 11.3 Å². The highest BCUT2D eigenvalue weighted by atomic mass is 32.1. The maximum atomic E-state index is 12.3. The summed E-state index contributed by atoms with van der Waals surface area (Å²) in [6.45, 7) is 2.24. The predicted octanol–water partition coefficient (Wildman–Crippen LogP) is 3.60. The highest BCUT2D eigenvalue weighted by molar-refractivity contribution is 7.09. The molecule has 0 unspecified atom stereocenters. The lowest BCUT2D eigenvalue weighted by molar-refractivity contribution is -0.120. The van der Waals surface area contributed by atoms with E-state index in [0.717, 1.165) is 16.3 Å². The quantitative estimate of drug-likeness (QED) is 0.620. The molecule has 2 aromatic heterocycles. The lowest BCUT2D eigenvalue weighted by Gasteiger charge is -2.14. The maximum Gasteiger partial charge on any atom is 0.224 e. The summed E-state index contributed by atoms with van der Waals surface area (Å²) in [5.74, 6) is 2.74. The van der Waals surface area contributed by atoms with Gasteiger partial charge in [-0.3, -0.25) is 4.79 Å². The van der Waals surface area contributed by atoms with Crippen LogP contribution in [0.2, 0.25) is 0 Å². The van der Waals surface area contributed by atoms with Crippen LogP contribution < -0.4 is 19.5 Å². The Morgan fingerprint density at radius 2 is 1.86 bits per heavy atom. The maximum absolute atomic E-state index is 12.3. The number of furan rings is 1. The van der Waals surface area contributed by atoms with Crippen molar-refractivity contribution in [1.82, 2.24) is 10.3 Å². The van der Waals surface area contributed by atoms with Gasteiger partial charge >= 0.3 is 0 Å². The molecule has 0 fully saturated rings. The van der Waals surface area contributed by atoms with E-state index < -0.39 is 0 Å². The molecule has 148 valence electrons. The van der Waals surface area contributed by atoms with Crippen LogP contribution in [0.4, 0.5) is 0 Å². The molecule has 7 nitrogen and oxygen atoms in total. The Hall–Kier alpha value is -3.00. The second kappa shape index (κ2) is 8.79. The molecule has 1 aromatic carbocycles. The number of rotatable bonds is 8. The second-order valence-corrected chi connectivity index (χ2v) is 7.07. The van der Waals surface area contributed by atoms with Gasteiger partial charge in [-0.05, 0) is 36.8 Å². The normalized spacial score (nSPS) is 10.6. The van der Waals surface area contributed by atoms with Crippen molar-refractivity contribution in [2.24, 2.45) is 0 Å². The number of hydrogen-bond acceptors (Lipinski definition) is 7. The third kappa shape index (κ3) is 4.45. The van der Waals surface area contributed by atoms with Crippen LogP contribution in [0.3, 0.4) is 0 Å². The Morgan fingerprint density at radius 3 is 2.43 bits per heavy atom. The Kier molecular flexibility index (Phi) is 6.20. The van der Waals surface area contributed by atoms with E-state index in [0.29, 0.717) is 35.3 Å². The van der Waals surface area contributed by atoms with Crippen LogP contribution in [0.15, 0.2) is 34.1 Å². The van der Waals surface area contributed by atoms with E-state index in [1.165, 1.54) is 7.11 Å². The number of nitrogens with one attached hydrogen (secondary N) is 1. The van der Waals surface area contributed by atoms with Crippen LogP contribution in [0.5, 0.6) is 17.2 Å². The Bertz CT molecular complexity index is 938. The Balaban J connectivity index is 1.62. The van der Waals surface area contributed by atoms with Gasteiger partial charge in [0.05, 0.1) is 39.3 Å². The monoisotopic (exact) mass is 402 g/mol. The van der Waals surface area contributed by atoms with Crippen molar-refractivity contribution in [2.75, 3.05) is 21.3 Å². The standard InChI is InChI=1S/C20H22N2O5S/c1-12-22-15(11-28-12)16-6-5-14(27-16)10-21-19(23)9-13-7-17(24-2)20(26-4)18(8-13)25-3/h5-8,11H,9-10H2,1-4H3,(H,21,23). The second-order valence-electron chi connectivity index (χ2n) is 6.00. The van der Waals surface area contributed by atoms with Crippen LogP contribution in [0.1, 0.15) is 16.3 Å². The van der Waals surface area contributed by atoms with Crippen molar-refractivity contribution in [3.8, 4) is 28.7 Å². The van der Waals surface area contributed by atoms with Crippen molar-refractivity contribution in [1.29, 1.82) is 0 Å². The van der Waals surface area contributed by atoms with Gasteiger partial charge in [0.1, 0.15) is 11.5 Å². The first-order valence-corrected chi connectivity index (χ1v) is 9.48. The number of thiazole rings is 1. The molecular formula is C20H22N2O5S. The van der Waals surface area contributed by atoms with Gasteiger partial charge in [0.15, 0.2) is 17.3 Å². The summed E-state index contributed by atoms with van der Waals surface area (Å²) in [6, 6.07) is 7.21. The SMILES string of the molecule is COc1cc(CC(=O)NCc2ccc(-c3csc(C)n3)o2)cc(OC)c1OC. The number of nitrogens with zero attached hydrogens (tertiary/aromatic N) is 1. The molecule has 0 saturated heterocycles. The number of aromatic nitrogens is 1. The molecule has 0 bridgehead atoms. The average molecular weight is 402 g/mol. The van der Waals surface area contributed by atoms with E-state index in [9.17, 15) is 4.79 Å². The summed E-state index contributed by atoms with van der Waals surface area (Å²) in [7, 11) is 4.62. The van der Waals surface area contributed by atoms with Gasteiger partial charge in [-0.25, -0.2) is 4.98 Å². The van der Waals surface area contributed by atoms with E-state index in [-0.39, 0.29) is 12.3 Å². The number of hydrogen-bond donors (Lipinski definition) is 1. The van der Waals surface area contributed by atoms with E-state index in [1.54, 1.807) is 37.7 Å². The molecule has 8 heteroatoms. The number of aryl methyl sites for hydroxylation is 1. The largest absolute Gasteiger partial charge is 0.493 e. The summed E-state index contributed by atoms with van der Waals surface area (Å²) in [6.07, 6.45) is 0.176. The first-order valence-electron chi connectivity index (χ1n) is 8.60. The minimum absolute atomic E-state index is 0.142. The molecule has 28 heavy (non-hydrogen) atoms. The van der Waals surface area contributed by atoms with Crippen LogP contribution in [-0.2, 0) is 17.8 Å². The zero-order chi connectivity index (χ0) is 20.1. The highest BCUT2D eigenvalue weighted by Gasteiger charge is 2.15. The van der Waals surface area contributed by atoms with Gasteiger partial charge in [0.25, 0.3) is 0 Å². The van der Waals surface area contributed by atoms with Crippen molar-refractivity contribution in [3.63, 3.8) is 0 Å². The fourth-order valence-electron chi connectivity index (χ4n) is 2.76. The molecule has 1 amide bonds. The van der Waals surface area contributed by atoms with Crippen molar-refractivity contribution < 1.29 is 23.4 Å². The van der Waals surface area contributed by atoms with Crippen LogP contribution in [0.25, 0.3) is 11.5 Å². The Labute approximate surface area is 167 Å². The summed E-state index contributed by atoms with van der Waals surface area (Å²) >= 11 is 1.57. The molecule has 0 aliphatic rings.